The Kier molecular flexibility index (Phi) is 6.68. The number of halogens is 2. The molecule has 1 fully saturated rings. The average Bonchev–Trinajstić information content (AvgIpc) is 3.68. The number of nitrogens with zero attached hydrogens (tertiary/aromatic N) is 3. The van der Waals surface area contributed by atoms with E-state index in [1.165, 1.54) is 22.7 Å². The zero-order valence-corrected chi connectivity index (χ0v) is 21.9. The molecule has 0 saturated heterocycles. The Hall–Kier alpha value is -3.62. The molecule has 0 unspecified atom stereocenters. The fraction of sp³-hybridized carbons (Fsp3) is 0.207. The molecule has 2 aliphatic rings. The molecular weight excluding hydrogens is 523 g/mol. The summed E-state index contributed by atoms with van der Waals surface area (Å²) in [5, 5.41) is 7.85. The largest absolute Gasteiger partial charge is 0.352 e. The van der Waals surface area contributed by atoms with Crippen molar-refractivity contribution in [3.8, 4) is 16.9 Å². The molecular formula is C29H24ClFN4O2S. The van der Waals surface area contributed by atoms with Gasteiger partial charge in [-0.15, -0.1) is 11.8 Å². The molecule has 9 heteroatoms. The van der Waals surface area contributed by atoms with Gasteiger partial charge in [-0.25, -0.2) is 9.07 Å². The Morgan fingerprint density at radius 1 is 1.03 bits per heavy atom. The van der Waals surface area contributed by atoms with Gasteiger partial charge in [0.25, 0.3) is 0 Å². The van der Waals surface area contributed by atoms with E-state index in [0.717, 1.165) is 18.4 Å². The summed E-state index contributed by atoms with van der Waals surface area (Å²) in [5.41, 5.74) is 3.09. The van der Waals surface area contributed by atoms with E-state index in [-0.39, 0.29) is 36.0 Å². The zero-order valence-electron chi connectivity index (χ0n) is 20.3. The number of carbonyl (C=O) groups is 2. The molecule has 6 rings (SSSR count). The van der Waals surface area contributed by atoms with Crippen LogP contribution in [0, 0.1) is 5.82 Å². The molecule has 0 bridgehead atoms. The number of anilines is 1. The van der Waals surface area contributed by atoms with E-state index in [2.05, 4.69) is 5.32 Å². The predicted octanol–water partition coefficient (Wildman–Crippen LogP) is 5.78. The molecule has 4 aromatic rings. The average molecular weight is 547 g/mol. The van der Waals surface area contributed by atoms with Crippen molar-refractivity contribution in [2.75, 3.05) is 17.2 Å². The number of benzene rings is 3. The molecule has 1 saturated carbocycles. The SMILES string of the molecule is O=C(CN1C(=O)CS[C@@H](c2ccccc2F)c2c(-c3ccccc3)nn(-c3ccccc3Cl)c21)NC1CC1. The number of hydrogen-bond donors (Lipinski definition) is 1. The van der Waals surface area contributed by atoms with Gasteiger partial charge in [0.15, 0.2) is 0 Å². The highest BCUT2D eigenvalue weighted by molar-refractivity contribution is 8.00. The van der Waals surface area contributed by atoms with Crippen LogP contribution in [0.4, 0.5) is 10.2 Å². The maximum Gasteiger partial charge on any atom is 0.240 e. The van der Waals surface area contributed by atoms with Crippen molar-refractivity contribution in [3.63, 3.8) is 0 Å². The molecule has 0 spiro atoms. The van der Waals surface area contributed by atoms with Gasteiger partial charge in [0.2, 0.25) is 11.8 Å². The van der Waals surface area contributed by atoms with Crippen molar-refractivity contribution in [2.24, 2.45) is 0 Å². The van der Waals surface area contributed by atoms with Crippen molar-refractivity contribution in [2.45, 2.75) is 24.1 Å². The monoisotopic (exact) mass is 546 g/mol. The number of para-hydroxylation sites is 1. The van der Waals surface area contributed by atoms with Crippen molar-refractivity contribution in [3.05, 3.63) is 101 Å². The van der Waals surface area contributed by atoms with Crippen LogP contribution in [0.2, 0.25) is 5.02 Å². The first-order chi connectivity index (χ1) is 18.5. The number of thioether (sulfide) groups is 1. The van der Waals surface area contributed by atoms with Crippen LogP contribution in [-0.2, 0) is 9.59 Å². The van der Waals surface area contributed by atoms with E-state index >= 15 is 4.39 Å². The number of aromatic nitrogens is 2. The fourth-order valence-electron chi connectivity index (χ4n) is 4.70. The molecule has 1 N–H and O–H groups in total. The van der Waals surface area contributed by atoms with Gasteiger partial charge in [-0.1, -0.05) is 72.3 Å². The lowest BCUT2D eigenvalue weighted by atomic mass is 9.99. The Balaban J connectivity index is 1.63. The third kappa shape index (κ3) is 4.70. The van der Waals surface area contributed by atoms with Crippen LogP contribution in [0.25, 0.3) is 16.9 Å². The van der Waals surface area contributed by atoms with Gasteiger partial charge >= 0.3 is 0 Å². The van der Waals surface area contributed by atoms with Crippen LogP contribution in [0.1, 0.15) is 29.2 Å². The molecule has 1 aromatic heterocycles. The van der Waals surface area contributed by atoms with Crippen LogP contribution < -0.4 is 10.2 Å². The first-order valence-corrected chi connectivity index (χ1v) is 13.8. The van der Waals surface area contributed by atoms with Gasteiger partial charge < -0.3 is 5.32 Å². The molecule has 0 radical (unpaired) electrons. The number of fused-ring (bicyclic) bond motifs is 1. The van der Waals surface area contributed by atoms with E-state index in [0.29, 0.717) is 33.3 Å². The molecule has 1 atom stereocenters. The Bertz CT molecular complexity index is 1520. The molecule has 2 heterocycles. The van der Waals surface area contributed by atoms with E-state index < -0.39 is 5.25 Å². The highest BCUT2D eigenvalue weighted by Gasteiger charge is 2.39. The number of amides is 2. The van der Waals surface area contributed by atoms with Gasteiger partial charge in [-0.3, -0.25) is 14.5 Å². The van der Waals surface area contributed by atoms with Crippen LogP contribution >= 0.6 is 23.4 Å². The summed E-state index contributed by atoms with van der Waals surface area (Å²) in [7, 11) is 0. The number of hydrogen-bond acceptors (Lipinski definition) is 4. The number of carbonyl (C=O) groups excluding carboxylic acids is 2. The third-order valence-electron chi connectivity index (χ3n) is 6.65. The quantitative estimate of drug-likeness (QED) is 0.333. The normalized spacial score (nSPS) is 17.2. The highest BCUT2D eigenvalue weighted by atomic mass is 35.5. The van der Waals surface area contributed by atoms with Crippen molar-refractivity contribution in [1.82, 2.24) is 15.1 Å². The summed E-state index contributed by atoms with van der Waals surface area (Å²) in [5.74, 6) is -0.372. The van der Waals surface area contributed by atoms with Gasteiger partial charge in [0.05, 0.1) is 27.4 Å². The standard InChI is InChI=1S/C29H24ClFN4O2S/c30-21-11-5-7-13-23(21)35-29-26(27(33-35)18-8-2-1-3-9-18)28(20-10-4-6-12-22(20)31)38-17-25(37)34(29)16-24(36)32-19-14-15-19/h1-13,19,28H,14-17H2,(H,32,36)/t28-/m0/s1. The predicted molar refractivity (Wildman–Crippen MR) is 148 cm³/mol. The zero-order chi connectivity index (χ0) is 26.2. The summed E-state index contributed by atoms with van der Waals surface area (Å²) in [6, 6.07) is 23.5. The van der Waals surface area contributed by atoms with Gasteiger partial charge in [0, 0.05) is 22.7 Å². The van der Waals surface area contributed by atoms with E-state index in [9.17, 15) is 9.59 Å². The Morgan fingerprint density at radius 3 is 2.47 bits per heavy atom. The molecule has 2 amide bonds. The minimum atomic E-state index is -0.543. The number of nitrogens with one attached hydrogen (secondary N) is 1. The lowest BCUT2D eigenvalue weighted by Gasteiger charge is -2.23. The van der Waals surface area contributed by atoms with Crippen LogP contribution in [-0.4, -0.2) is 39.9 Å². The van der Waals surface area contributed by atoms with Crippen molar-refractivity contribution < 1.29 is 14.0 Å². The lowest BCUT2D eigenvalue weighted by Crippen LogP contribution is -2.43. The molecule has 3 aromatic carbocycles. The fourth-order valence-corrected chi connectivity index (χ4v) is 6.13. The van der Waals surface area contributed by atoms with Crippen molar-refractivity contribution >= 4 is 41.0 Å². The highest BCUT2D eigenvalue weighted by Crippen LogP contribution is 2.49. The second-order valence-electron chi connectivity index (χ2n) is 9.35. The number of rotatable bonds is 6. The van der Waals surface area contributed by atoms with Gasteiger partial charge in [-0.05, 0) is 31.0 Å². The Labute approximate surface area is 228 Å². The summed E-state index contributed by atoms with van der Waals surface area (Å²) >= 11 is 7.97. The minimum absolute atomic E-state index is 0.0706. The molecule has 6 nitrogen and oxygen atoms in total. The first kappa shape index (κ1) is 24.7. The second-order valence-corrected chi connectivity index (χ2v) is 10.8. The third-order valence-corrected chi connectivity index (χ3v) is 8.20. The first-order valence-electron chi connectivity index (χ1n) is 12.4. The summed E-state index contributed by atoms with van der Waals surface area (Å²) < 4.78 is 16.9. The van der Waals surface area contributed by atoms with E-state index in [1.807, 2.05) is 48.5 Å². The lowest BCUT2D eigenvalue weighted by molar-refractivity contribution is -0.123. The summed E-state index contributed by atoms with van der Waals surface area (Å²) in [6.07, 6.45) is 1.87. The molecule has 1 aliphatic heterocycles. The molecule has 38 heavy (non-hydrogen) atoms. The maximum absolute atomic E-state index is 15.3. The summed E-state index contributed by atoms with van der Waals surface area (Å²) in [6.45, 7) is -0.169. The topological polar surface area (TPSA) is 67.2 Å². The van der Waals surface area contributed by atoms with E-state index in [4.69, 9.17) is 16.7 Å². The van der Waals surface area contributed by atoms with Crippen LogP contribution in [0.15, 0.2) is 78.9 Å². The smallest absolute Gasteiger partial charge is 0.240 e. The van der Waals surface area contributed by atoms with Crippen LogP contribution in [0.3, 0.4) is 0 Å². The molecule has 1 aliphatic carbocycles. The summed E-state index contributed by atoms with van der Waals surface area (Å²) in [4.78, 5) is 28.1. The van der Waals surface area contributed by atoms with Crippen LogP contribution in [0.5, 0.6) is 0 Å². The minimum Gasteiger partial charge on any atom is -0.352 e. The van der Waals surface area contributed by atoms with Gasteiger partial charge in [-0.2, -0.15) is 5.10 Å². The van der Waals surface area contributed by atoms with Gasteiger partial charge in [0.1, 0.15) is 18.2 Å². The second kappa shape index (κ2) is 10.3. The molecule has 192 valence electrons. The maximum atomic E-state index is 15.3. The van der Waals surface area contributed by atoms with Crippen molar-refractivity contribution in [1.29, 1.82) is 0 Å². The Morgan fingerprint density at radius 2 is 1.74 bits per heavy atom. The van der Waals surface area contributed by atoms with E-state index in [1.54, 1.807) is 28.9 Å².